The van der Waals surface area contributed by atoms with Gasteiger partial charge < -0.3 is 10.2 Å². The van der Waals surface area contributed by atoms with Crippen molar-refractivity contribution < 1.29 is 0 Å². The quantitative estimate of drug-likeness (QED) is 0.579. The van der Waals surface area contributed by atoms with E-state index in [0.29, 0.717) is 0 Å². The lowest BCUT2D eigenvalue weighted by Gasteiger charge is -2.10. The van der Waals surface area contributed by atoms with Crippen molar-refractivity contribution in [3.63, 3.8) is 0 Å². The zero-order valence-electron chi connectivity index (χ0n) is 14.9. The Balaban J connectivity index is 1.68. The molecule has 0 fully saturated rings. The van der Waals surface area contributed by atoms with Crippen molar-refractivity contribution in [2.45, 2.75) is 0 Å². The zero-order valence-corrected chi connectivity index (χ0v) is 15.7. The first-order chi connectivity index (χ1) is 12.6. The molecule has 4 rings (SSSR count). The monoisotopic (exact) mass is 361 g/mol. The molecule has 0 atom stereocenters. The van der Waals surface area contributed by atoms with Gasteiger partial charge in [-0.2, -0.15) is 0 Å². The Morgan fingerprint density at radius 2 is 1.73 bits per heavy atom. The highest BCUT2D eigenvalue weighted by Crippen LogP contribution is 2.34. The van der Waals surface area contributed by atoms with E-state index in [0.717, 1.165) is 38.7 Å². The topological polar surface area (TPSA) is 53.9 Å². The van der Waals surface area contributed by atoms with Crippen molar-refractivity contribution in [2.24, 2.45) is 0 Å². The highest BCUT2D eigenvalue weighted by molar-refractivity contribution is 7.21. The average molecular weight is 361 g/mol. The highest BCUT2D eigenvalue weighted by atomic mass is 32.1. The summed E-state index contributed by atoms with van der Waals surface area (Å²) in [7, 11) is 5.84. The lowest BCUT2D eigenvalue weighted by Crippen LogP contribution is -2.09. The smallest absolute Gasteiger partial charge is 0.127 e. The largest absolute Gasteiger partial charge is 0.373 e. The molecule has 0 saturated heterocycles. The molecule has 0 spiro atoms. The SMILES string of the molecule is CNc1ccc(-c2ccc3cc(-c4ccc(N(C)C)nc4)sc3n2)cn1. The average Bonchev–Trinajstić information content (AvgIpc) is 3.11. The zero-order chi connectivity index (χ0) is 18.1. The summed E-state index contributed by atoms with van der Waals surface area (Å²) in [4.78, 5) is 17.9. The van der Waals surface area contributed by atoms with Crippen LogP contribution in [0.3, 0.4) is 0 Å². The van der Waals surface area contributed by atoms with Crippen LogP contribution in [0, 0.1) is 0 Å². The summed E-state index contributed by atoms with van der Waals surface area (Å²) in [6.45, 7) is 0. The summed E-state index contributed by atoms with van der Waals surface area (Å²) in [5.41, 5.74) is 3.06. The molecule has 4 heterocycles. The number of thiophene rings is 1. The molecule has 5 nitrogen and oxygen atoms in total. The molecule has 1 N–H and O–H groups in total. The van der Waals surface area contributed by atoms with Crippen LogP contribution in [0.2, 0.25) is 0 Å². The Bertz CT molecular complexity index is 1040. The number of aromatic nitrogens is 3. The van der Waals surface area contributed by atoms with E-state index in [-0.39, 0.29) is 0 Å². The van der Waals surface area contributed by atoms with Gasteiger partial charge in [0, 0.05) is 54.9 Å². The Morgan fingerprint density at radius 3 is 2.38 bits per heavy atom. The minimum Gasteiger partial charge on any atom is -0.373 e. The maximum Gasteiger partial charge on any atom is 0.127 e. The van der Waals surface area contributed by atoms with Crippen LogP contribution in [0.25, 0.3) is 31.9 Å². The van der Waals surface area contributed by atoms with Crippen molar-refractivity contribution in [1.29, 1.82) is 0 Å². The predicted octanol–water partition coefficient (Wildman–Crippen LogP) is 4.53. The van der Waals surface area contributed by atoms with E-state index in [9.17, 15) is 0 Å². The van der Waals surface area contributed by atoms with Gasteiger partial charge in [-0.1, -0.05) is 0 Å². The molecule has 0 bridgehead atoms. The van der Waals surface area contributed by atoms with Gasteiger partial charge in [-0.15, -0.1) is 11.3 Å². The fourth-order valence-electron chi connectivity index (χ4n) is 2.71. The summed E-state index contributed by atoms with van der Waals surface area (Å²) in [5.74, 6) is 1.80. The maximum atomic E-state index is 4.82. The predicted molar refractivity (Wildman–Crippen MR) is 110 cm³/mol. The fourth-order valence-corrected chi connectivity index (χ4v) is 3.73. The van der Waals surface area contributed by atoms with E-state index in [2.05, 4.69) is 33.5 Å². The molecule has 0 aliphatic heterocycles. The van der Waals surface area contributed by atoms with Gasteiger partial charge in [0.05, 0.1) is 5.69 Å². The van der Waals surface area contributed by atoms with Crippen LogP contribution in [-0.2, 0) is 0 Å². The first-order valence-corrected chi connectivity index (χ1v) is 9.14. The first-order valence-electron chi connectivity index (χ1n) is 8.32. The van der Waals surface area contributed by atoms with Crippen molar-refractivity contribution in [3.8, 4) is 21.7 Å². The van der Waals surface area contributed by atoms with Gasteiger partial charge in [-0.05, 0) is 42.5 Å². The molecule has 26 heavy (non-hydrogen) atoms. The maximum absolute atomic E-state index is 4.82. The number of hydrogen-bond donors (Lipinski definition) is 1. The molecule has 0 amide bonds. The Morgan fingerprint density at radius 1 is 0.923 bits per heavy atom. The number of rotatable bonds is 4. The summed E-state index contributed by atoms with van der Waals surface area (Å²) < 4.78 is 0. The van der Waals surface area contributed by atoms with Crippen molar-refractivity contribution >= 4 is 33.2 Å². The van der Waals surface area contributed by atoms with Crippen LogP contribution in [0.4, 0.5) is 11.6 Å². The standard InChI is InChI=1S/C20H19N5S/c1-21-18-8-5-14(11-22-18)16-7-4-13-10-17(26-20(13)24-16)15-6-9-19(23-12-15)25(2)3/h4-12H,1-3H3,(H,21,22). The molecule has 0 aromatic carbocycles. The Hall–Kier alpha value is -2.99. The van der Waals surface area contributed by atoms with Crippen LogP contribution >= 0.6 is 11.3 Å². The van der Waals surface area contributed by atoms with E-state index in [1.807, 2.05) is 62.7 Å². The summed E-state index contributed by atoms with van der Waals surface area (Å²) in [5, 5.41) is 4.17. The first kappa shape index (κ1) is 16.5. The van der Waals surface area contributed by atoms with E-state index in [1.54, 1.807) is 11.3 Å². The minimum absolute atomic E-state index is 0.849. The summed E-state index contributed by atoms with van der Waals surface area (Å²) in [6, 6.07) is 14.5. The summed E-state index contributed by atoms with van der Waals surface area (Å²) >= 11 is 1.68. The van der Waals surface area contributed by atoms with E-state index < -0.39 is 0 Å². The lowest BCUT2D eigenvalue weighted by molar-refractivity contribution is 1.07. The van der Waals surface area contributed by atoms with Crippen LogP contribution in [0.5, 0.6) is 0 Å². The third-order valence-corrected chi connectivity index (χ3v) is 5.28. The molecule has 0 saturated carbocycles. The fraction of sp³-hybridized carbons (Fsp3) is 0.150. The molecule has 4 aromatic heterocycles. The number of nitrogens with one attached hydrogen (secondary N) is 1. The van der Waals surface area contributed by atoms with E-state index in [4.69, 9.17) is 4.98 Å². The van der Waals surface area contributed by atoms with Gasteiger partial charge in [-0.3, -0.25) is 0 Å². The van der Waals surface area contributed by atoms with Crippen molar-refractivity contribution in [3.05, 3.63) is 54.9 Å². The van der Waals surface area contributed by atoms with E-state index >= 15 is 0 Å². The molecule has 0 aliphatic rings. The minimum atomic E-state index is 0.849. The molecule has 4 aromatic rings. The van der Waals surface area contributed by atoms with Gasteiger partial charge in [0.25, 0.3) is 0 Å². The van der Waals surface area contributed by atoms with Crippen LogP contribution in [-0.4, -0.2) is 36.1 Å². The number of nitrogens with zero attached hydrogens (tertiary/aromatic N) is 4. The molecule has 130 valence electrons. The third kappa shape index (κ3) is 3.11. The second-order valence-electron chi connectivity index (χ2n) is 6.18. The molecule has 0 aliphatic carbocycles. The van der Waals surface area contributed by atoms with Gasteiger partial charge in [0.1, 0.15) is 16.5 Å². The number of fused-ring (bicyclic) bond motifs is 1. The highest BCUT2D eigenvalue weighted by Gasteiger charge is 2.09. The van der Waals surface area contributed by atoms with Gasteiger partial charge >= 0.3 is 0 Å². The number of hydrogen-bond acceptors (Lipinski definition) is 6. The van der Waals surface area contributed by atoms with Crippen molar-refractivity contribution in [2.75, 3.05) is 31.4 Å². The van der Waals surface area contributed by atoms with Crippen LogP contribution < -0.4 is 10.2 Å². The third-order valence-electron chi connectivity index (χ3n) is 4.19. The molecule has 0 radical (unpaired) electrons. The normalized spacial score (nSPS) is 10.9. The van der Waals surface area contributed by atoms with Crippen LogP contribution in [0.1, 0.15) is 0 Å². The Labute approximate surface area is 156 Å². The second-order valence-corrected chi connectivity index (χ2v) is 7.21. The second kappa shape index (κ2) is 6.72. The van der Waals surface area contributed by atoms with Gasteiger partial charge in [-0.25, -0.2) is 15.0 Å². The van der Waals surface area contributed by atoms with Crippen molar-refractivity contribution in [1.82, 2.24) is 15.0 Å². The van der Waals surface area contributed by atoms with E-state index in [1.165, 1.54) is 4.88 Å². The molecular formula is C20H19N5S. The summed E-state index contributed by atoms with van der Waals surface area (Å²) in [6.07, 6.45) is 3.76. The molecular weight excluding hydrogens is 342 g/mol. The molecule has 6 heteroatoms. The lowest BCUT2D eigenvalue weighted by atomic mass is 10.1. The Kier molecular flexibility index (Phi) is 4.26. The van der Waals surface area contributed by atoms with Gasteiger partial charge in [0.15, 0.2) is 0 Å². The van der Waals surface area contributed by atoms with Crippen LogP contribution in [0.15, 0.2) is 54.9 Å². The van der Waals surface area contributed by atoms with Gasteiger partial charge in [0.2, 0.25) is 0 Å². The number of anilines is 2. The number of pyridine rings is 3. The molecule has 0 unspecified atom stereocenters.